The van der Waals surface area contributed by atoms with Crippen molar-refractivity contribution in [3.63, 3.8) is 0 Å². The smallest absolute Gasteiger partial charge is 0.243 e. The minimum atomic E-state index is -3.92. The molecule has 1 atom stereocenters. The fraction of sp³-hybridized carbons (Fsp3) is 0.333. The van der Waals surface area contributed by atoms with Crippen LogP contribution in [0, 0.1) is 6.92 Å². The number of fused-ring (bicyclic) bond motifs is 1. The highest BCUT2D eigenvalue weighted by molar-refractivity contribution is 7.89. The van der Waals surface area contributed by atoms with Crippen molar-refractivity contribution < 1.29 is 18.0 Å². The van der Waals surface area contributed by atoms with Gasteiger partial charge in [0.25, 0.3) is 0 Å². The normalized spacial score (nSPS) is 12.5. The number of rotatable bonds is 10. The van der Waals surface area contributed by atoms with Crippen molar-refractivity contribution >= 4 is 32.6 Å². The zero-order valence-corrected chi connectivity index (χ0v) is 21.5. The monoisotopic (exact) mass is 495 g/mol. The first-order chi connectivity index (χ1) is 16.7. The van der Waals surface area contributed by atoms with E-state index in [0.717, 1.165) is 26.2 Å². The van der Waals surface area contributed by atoms with Gasteiger partial charge >= 0.3 is 0 Å². The lowest BCUT2D eigenvalue weighted by Crippen LogP contribution is -2.51. The van der Waals surface area contributed by atoms with Crippen LogP contribution in [0.2, 0.25) is 0 Å². The van der Waals surface area contributed by atoms with Gasteiger partial charge in [0.15, 0.2) is 0 Å². The van der Waals surface area contributed by atoms with E-state index in [9.17, 15) is 18.0 Å². The number of benzene rings is 3. The van der Waals surface area contributed by atoms with Crippen LogP contribution < -0.4 is 5.32 Å². The molecule has 3 aromatic carbocycles. The number of likely N-dealkylation sites (N-methyl/N-ethyl adjacent to an activating group) is 2. The molecule has 3 rings (SSSR count). The predicted molar refractivity (Wildman–Crippen MR) is 138 cm³/mol. The van der Waals surface area contributed by atoms with Crippen LogP contribution >= 0.6 is 0 Å². The maximum Gasteiger partial charge on any atom is 0.243 e. The number of nitrogens with zero attached hydrogens (tertiary/aromatic N) is 2. The summed E-state index contributed by atoms with van der Waals surface area (Å²) < 4.78 is 27.6. The number of nitrogens with one attached hydrogen (secondary N) is 1. The summed E-state index contributed by atoms with van der Waals surface area (Å²) in [5, 5.41) is 4.53. The second-order valence-electron chi connectivity index (χ2n) is 8.54. The van der Waals surface area contributed by atoms with Crippen molar-refractivity contribution in [3.8, 4) is 0 Å². The van der Waals surface area contributed by atoms with Crippen LogP contribution in [-0.4, -0.2) is 55.6 Å². The zero-order valence-electron chi connectivity index (χ0n) is 20.7. The van der Waals surface area contributed by atoms with Crippen LogP contribution in [0.5, 0.6) is 0 Å². The molecule has 35 heavy (non-hydrogen) atoms. The lowest BCUT2D eigenvalue weighted by molar-refractivity contribution is -0.141. The Morgan fingerprint density at radius 3 is 2.26 bits per heavy atom. The summed E-state index contributed by atoms with van der Waals surface area (Å²) in [5.74, 6) is -0.685. The van der Waals surface area contributed by atoms with E-state index < -0.39 is 22.0 Å². The summed E-state index contributed by atoms with van der Waals surface area (Å²) in [6.45, 7) is 5.89. The molecule has 2 amide bonds. The summed E-state index contributed by atoms with van der Waals surface area (Å²) in [5.41, 5.74) is 1.90. The highest BCUT2D eigenvalue weighted by atomic mass is 32.2. The standard InChI is InChI=1S/C27H33N3O4S/c1-5-25(27(32)28-6-2)30(18-23-14-8-7-11-20(23)3)26(31)19-29(4)35(33,34)24-16-15-21-12-9-10-13-22(21)17-24/h7-17,25H,5-6,18-19H2,1-4H3,(H,28,32)/t25-/m1/s1. The lowest BCUT2D eigenvalue weighted by atomic mass is 10.1. The van der Waals surface area contributed by atoms with Crippen LogP contribution in [0.25, 0.3) is 10.8 Å². The average molecular weight is 496 g/mol. The van der Waals surface area contributed by atoms with Crippen LogP contribution in [0.3, 0.4) is 0 Å². The number of sulfonamides is 1. The first kappa shape index (κ1) is 26.4. The summed E-state index contributed by atoms with van der Waals surface area (Å²) in [4.78, 5) is 27.9. The molecule has 8 heteroatoms. The number of aryl methyl sites for hydroxylation is 1. The fourth-order valence-corrected chi connectivity index (χ4v) is 5.21. The van der Waals surface area contributed by atoms with Gasteiger partial charge in [-0.3, -0.25) is 9.59 Å². The molecule has 0 aliphatic heterocycles. The van der Waals surface area contributed by atoms with Crippen LogP contribution in [0.4, 0.5) is 0 Å². The van der Waals surface area contributed by atoms with Crippen molar-refractivity contribution in [1.82, 2.24) is 14.5 Å². The maximum absolute atomic E-state index is 13.5. The largest absolute Gasteiger partial charge is 0.355 e. The van der Waals surface area contributed by atoms with Gasteiger partial charge in [-0.05, 0) is 54.3 Å². The summed E-state index contributed by atoms with van der Waals surface area (Å²) >= 11 is 0. The SMILES string of the molecule is CCNC(=O)[C@@H](CC)N(Cc1ccccc1C)C(=O)CN(C)S(=O)(=O)c1ccc2ccccc2c1. The first-order valence-electron chi connectivity index (χ1n) is 11.8. The molecule has 186 valence electrons. The Morgan fingerprint density at radius 2 is 1.60 bits per heavy atom. The molecule has 0 aliphatic rings. The molecule has 0 heterocycles. The van der Waals surface area contributed by atoms with E-state index in [4.69, 9.17) is 0 Å². The average Bonchev–Trinajstić information content (AvgIpc) is 2.84. The van der Waals surface area contributed by atoms with Crippen molar-refractivity contribution in [1.29, 1.82) is 0 Å². The molecule has 1 N–H and O–H groups in total. The Bertz CT molecular complexity index is 1310. The van der Waals surface area contributed by atoms with Gasteiger partial charge in [0, 0.05) is 20.1 Å². The van der Waals surface area contributed by atoms with E-state index >= 15 is 0 Å². The number of hydrogen-bond acceptors (Lipinski definition) is 4. The topological polar surface area (TPSA) is 86.8 Å². The van der Waals surface area contributed by atoms with E-state index in [-0.39, 0.29) is 23.9 Å². The third-order valence-corrected chi connectivity index (χ3v) is 7.93. The molecule has 0 aromatic heterocycles. The van der Waals surface area contributed by atoms with Gasteiger partial charge in [0.1, 0.15) is 6.04 Å². The van der Waals surface area contributed by atoms with E-state index in [1.807, 2.05) is 69.3 Å². The highest BCUT2D eigenvalue weighted by Crippen LogP contribution is 2.22. The molecule has 0 aliphatic carbocycles. The predicted octanol–water partition coefficient (Wildman–Crippen LogP) is 3.71. The van der Waals surface area contributed by atoms with Gasteiger partial charge in [0.2, 0.25) is 21.8 Å². The van der Waals surface area contributed by atoms with Crippen molar-refractivity contribution in [2.24, 2.45) is 0 Å². The van der Waals surface area contributed by atoms with E-state index in [1.54, 1.807) is 18.2 Å². The molecule has 7 nitrogen and oxygen atoms in total. The summed E-state index contributed by atoms with van der Waals surface area (Å²) in [6.07, 6.45) is 0.407. The minimum Gasteiger partial charge on any atom is -0.355 e. The van der Waals surface area contributed by atoms with Gasteiger partial charge in [-0.15, -0.1) is 0 Å². The molecule has 0 saturated heterocycles. The fourth-order valence-electron chi connectivity index (χ4n) is 4.06. The molecule has 0 radical (unpaired) electrons. The summed E-state index contributed by atoms with van der Waals surface area (Å²) in [6, 6.07) is 19.4. The highest BCUT2D eigenvalue weighted by Gasteiger charge is 2.31. The molecular weight excluding hydrogens is 462 g/mol. The Balaban J connectivity index is 1.89. The number of amides is 2. The number of carbonyl (C=O) groups is 2. The van der Waals surface area contributed by atoms with Crippen LogP contribution in [0.1, 0.15) is 31.4 Å². The molecule has 0 unspecified atom stereocenters. The molecule has 0 spiro atoms. The lowest BCUT2D eigenvalue weighted by Gasteiger charge is -2.32. The minimum absolute atomic E-state index is 0.118. The maximum atomic E-state index is 13.5. The van der Waals surface area contributed by atoms with E-state index in [2.05, 4.69) is 5.32 Å². The van der Waals surface area contributed by atoms with Gasteiger partial charge in [0.05, 0.1) is 11.4 Å². The number of carbonyl (C=O) groups excluding carboxylic acids is 2. The quantitative estimate of drug-likeness (QED) is 0.465. The number of hydrogen-bond donors (Lipinski definition) is 1. The molecule has 0 fully saturated rings. The third kappa shape index (κ3) is 6.07. The van der Waals surface area contributed by atoms with E-state index in [1.165, 1.54) is 11.9 Å². The second-order valence-corrected chi connectivity index (χ2v) is 10.6. The second kappa shape index (κ2) is 11.5. The molecule has 0 saturated carbocycles. The van der Waals surface area contributed by atoms with Crippen molar-refractivity contribution in [3.05, 3.63) is 77.9 Å². The zero-order chi connectivity index (χ0) is 25.6. The summed E-state index contributed by atoms with van der Waals surface area (Å²) in [7, 11) is -2.53. The Hall–Kier alpha value is -3.23. The van der Waals surface area contributed by atoms with Gasteiger partial charge in [-0.2, -0.15) is 4.31 Å². The van der Waals surface area contributed by atoms with E-state index in [0.29, 0.717) is 13.0 Å². The molecule has 3 aromatic rings. The molecule has 0 bridgehead atoms. The van der Waals surface area contributed by atoms with Crippen molar-refractivity contribution in [2.45, 2.75) is 44.7 Å². The third-order valence-electron chi connectivity index (χ3n) is 6.13. The Kier molecular flexibility index (Phi) is 8.64. The van der Waals surface area contributed by atoms with Crippen LogP contribution in [-0.2, 0) is 26.2 Å². The van der Waals surface area contributed by atoms with Gasteiger partial charge in [-0.25, -0.2) is 8.42 Å². The Labute approximate surface area is 207 Å². The van der Waals surface area contributed by atoms with Gasteiger partial charge in [-0.1, -0.05) is 61.5 Å². The molecular formula is C27H33N3O4S. The first-order valence-corrected chi connectivity index (χ1v) is 13.2. The van der Waals surface area contributed by atoms with Gasteiger partial charge < -0.3 is 10.2 Å². The van der Waals surface area contributed by atoms with Crippen molar-refractivity contribution in [2.75, 3.05) is 20.1 Å². The van der Waals surface area contributed by atoms with Crippen LogP contribution in [0.15, 0.2) is 71.6 Å². The Morgan fingerprint density at radius 1 is 0.943 bits per heavy atom.